The molecule has 0 saturated carbocycles. The molecule has 0 saturated heterocycles. The van der Waals surface area contributed by atoms with Gasteiger partial charge in [0.05, 0.1) is 14.2 Å². The first-order chi connectivity index (χ1) is 11.1. The second kappa shape index (κ2) is 10.8. The first-order valence-corrected chi connectivity index (χ1v) is 8.25. The fourth-order valence-electron chi connectivity index (χ4n) is 2.27. The molecule has 1 aromatic rings. The van der Waals surface area contributed by atoms with E-state index in [4.69, 9.17) is 14.2 Å². The minimum atomic E-state index is -0.110. The van der Waals surface area contributed by atoms with E-state index >= 15 is 0 Å². The van der Waals surface area contributed by atoms with E-state index in [9.17, 15) is 4.79 Å². The molecule has 0 bridgehead atoms. The molecule has 5 nitrogen and oxygen atoms in total. The lowest BCUT2D eigenvalue weighted by molar-refractivity contribution is -0.123. The third-order valence-corrected chi connectivity index (χ3v) is 3.83. The van der Waals surface area contributed by atoms with E-state index in [1.54, 1.807) is 32.4 Å². The Bertz CT molecular complexity index is 454. The third-order valence-electron chi connectivity index (χ3n) is 3.83. The molecule has 0 radical (unpaired) electrons. The molecule has 5 heteroatoms. The van der Waals surface area contributed by atoms with Gasteiger partial charge in [0, 0.05) is 24.7 Å². The van der Waals surface area contributed by atoms with Crippen LogP contribution in [-0.4, -0.2) is 33.3 Å². The minimum Gasteiger partial charge on any atom is -0.496 e. The van der Waals surface area contributed by atoms with Crippen LogP contribution in [0.1, 0.15) is 39.5 Å². The molecule has 1 aromatic carbocycles. The molecule has 0 fully saturated rings. The lowest BCUT2D eigenvalue weighted by Crippen LogP contribution is -2.33. The van der Waals surface area contributed by atoms with Gasteiger partial charge in [0.1, 0.15) is 17.2 Å². The fourth-order valence-corrected chi connectivity index (χ4v) is 2.27. The maximum absolute atomic E-state index is 11.9. The number of amides is 1. The van der Waals surface area contributed by atoms with Crippen molar-refractivity contribution in [2.75, 3.05) is 27.4 Å². The van der Waals surface area contributed by atoms with Crippen LogP contribution in [-0.2, 0) is 4.79 Å². The zero-order valence-electron chi connectivity index (χ0n) is 14.7. The van der Waals surface area contributed by atoms with Crippen LogP contribution in [0, 0.1) is 5.92 Å². The van der Waals surface area contributed by atoms with Crippen LogP contribution in [0.2, 0.25) is 0 Å². The molecule has 1 amide bonds. The number of carbonyl (C=O) groups excluding carboxylic acids is 1. The highest BCUT2D eigenvalue weighted by molar-refractivity contribution is 5.77. The summed E-state index contributed by atoms with van der Waals surface area (Å²) in [5.74, 6) is 2.24. The number of methoxy groups -OCH3 is 2. The van der Waals surface area contributed by atoms with Crippen molar-refractivity contribution in [1.29, 1.82) is 0 Å². The maximum Gasteiger partial charge on any atom is 0.257 e. The SMILES string of the molecule is CCCCC(CC)CNC(=O)COc1cc(OC)cc(OC)c1. The standard InChI is InChI=1S/C18H29NO4/c1-5-7-8-14(6-2)12-19-18(20)13-23-17-10-15(21-3)9-16(11-17)22-4/h9-11,14H,5-8,12-13H2,1-4H3,(H,19,20). The van der Waals surface area contributed by atoms with Gasteiger partial charge in [-0.3, -0.25) is 4.79 Å². The van der Waals surface area contributed by atoms with Gasteiger partial charge in [-0.15, -0.1) is 0 Å². The fraction of sp³-hybridized carbons (Fsp3) is 0.611. The van der Waals surface area contributed by atoms with E-state index < -0.39 is 0 Å². The smallest absolute Gasteiger partial charge is 0.257 e. The van der Waals surface area contributed by atoms with E-state index in [2.05, 4.69) is 19.2 Å². The zero-order chi connectivity index (χ0) is 17.1. The Balaban J connectivity index is 2.43. The number of unbranched alkanes of at least 4 members (excludes halogenated alkanes) is 1. The Morgan fingerprint density at radius 3 is 2.22 bits per heavy atom. The summed E-state index contributed by atoms with van der Waals surface area (Å²) in [4.78, 5) is 11.9. The van der Waals surface area contributed by atoms with Gasteiger partial charge in [0.2, 0.25) is 0 Å². The van der Waals surface area contributed by atoms with Crippen LogP contribution in [0.4, 0.5) is 0 Å². The maximum atomic E-state index is 11.9. The summed E-state index contributed by atoms with van der Waals surface area (Å²) in [5, 5.41) is 2.94. The predicted molar refractivity (Wildman–Crippen MR) is 91.4 cm³/mol. The molecule has 130 valence electrons. The van der Waals surface area contributed by atoms with Crippen molar-refractivity contribution >= 4 is 5.91 Å². The quantitative estimate of drug-likeness (QED) is 0.678. The molecular weight excluding hydrogens is 294 g/mol. The van der Waals surface area contributed by atoms with Crippen molar-refractivity contribution in [2.24, 2.45) is 5.92 Å². The second-order valence-corrected chi connectivity index (χ2v) is 5.56. The number of ether oxygens (including phenoxy) is 3. The second-order valence-electron chi connectivity index (χ2n) is 5.56. The summed E-state index contributed by atoms with van der Waals surface area (Å²) in [7, 11) is 3.15. The van der Waals surface area contributed by atoms with Crippen LogP contribution in [0.5, 0.6) is 17.2 Å². The van der Waals surface area contributed by atoms with Gasteiger partial charge in [-0.2, -0.15) is 0 Å². The lowest BCUT2D eigenvalue weighted by atomic mass is 9.99. The number of carbonyl (C=O) groups is 1. The van der Waals surface area contributed by atoms with Gasteiger partial charge in [-0.05, 0) is 12.3 Å². The average Bonchev–Trinajstić information content (AvgIpc) is 2.59. The lowest BCUT2D eigenvalue weighted by Gasteiger charge is -2.15. The molecule has 1 unspecified atom stereocenters. The van der Waals surface area contributed by atoms with Crippen molar-refractivity contribution in [3.05, 3.63) is 18.2 Å². The molecule has 1 N–H and O–H groups in total. The zero-order valence-corrected chi connectivity index (χ0v) is 14.7. The molecular formula is C18H29NO4. The monoisotopic (exact) mass is 323 g/mol. The van der Waals surface area contributed by atoms with Crippen LogP contribution in [0.25, 0.3) is 0 Å². The van der Waals surface area contributed by atoms with Crippen molar-refractivity contribution in [1.82, 2.24) is 5.32 Å². The van der Waals surface area contributed by atoms with E-state index in [0.29, 0.717) is 29.7 Å². The Labute approximate surface area is 139 Å². The van der Waals surface area contributed by atoms with Crippen LogP contribution >= 0.6 is 0 Å². The largest absolute Gasteiger partial charge is 0.496 e. The van der Waals surface area contributed by atoms with Gasteiger partial charge < -0.3 is 19.5 Å². The van der Waals surface area contributed by atoms with Gasteiger partial charge in [-0.25, -0.2) is 0 Å². The van der Waals surface area contributed by atoms with Crippen molar-refractivity contribution in [3.63, 3.8) is 0 Å². The molecule has 0 aromatic heterocycles. The van der Waals surface area contributed by atoms with Crippen molar-refractivity contribution < 1.29 is 19.0 Å². The van der Waals surface area contributed by atoms with E-state index in [0.717, 1.165) is 12.8 Å². The first kappa shape index (κ1) is 19.1. The van der Waals surface area contributed by atoms with Crippen molar-refractivity contribution in [2.45, 2.75) is 39.5 Å². The molecule has 0 aliphatic carbocycles. The molecule has 0 aliphatic heterocycles. The number of nitrogens with one attached hydrogen (secondary N) is 1. The normalized spacial score (nSPS) is 11.7. The van der Waals surface area contributed by atoms with E-state index in [1.165, 1.54) is 12.8 Å². The Kier molecular flexibility index (Phi) is 8.95. The average molecular weight is 323 g/mol. The molecule has 0 aliphatic rings. The highest BCUT2D eigenvalue weighted by Crippen LogP contribution is 2.27. The molecule has 1 atom stereocenters. The Morgan fingerprint density at radius 2 is 1.70 bits per heavy atom. The summed E-state index contributed by atoms with van der Waals surface area (Å²) < 4.78 is 15.9. The number of rotatable bonds is 11. The first-order valence-electron chi connectivity index (χ1n) is 8.25. The number of hydrogen-bond acceptors (Lipinski definition) is 4. The molecule has 23 heavy (non-hydrogen) atoms. The predicted octanol–water partition coefficient (Wildman–Crippen LogP) is 3.42. The molecule has 0 heterocycles. The van der Waals surface area contributed by atoms with Crippen LogP contribution in [0.15, 0.2) is 18.2 Å². The van der Waals surface area contributed by atoms with Crippen molar-refractivity contribution in [3.8, 4) is 17.2 Å². The summed E-state index contributed by atoms with van der Waals surface area (Å²) in [5.41, 5.74) is 0. The van der Waals surface area contributed by atoms with Crippen LogP contribution in [0.3, 0.4) is 0 Å². The highest BCUT2D eigenvalue weighted by Gasteiger charge is 2.10. The van der Waals surface area contributed by atoms with Gasteiger partial charge in [-0.1, -0.05) is 33.1 Å². The van der Waals surface area contributed by atoms with Crippen LogP contribution < -0.4 is 19.5 Å². The highest BCUT2D eigenvalue weighted by atomic mass is 16.5. The van der Waals surface area contributed by atoms with E-state index in [1.807, 2.05) is 0 Å². The van der Waals surface area contributed by atoms with Gasteiger partial charge in [0.15, 0.2) is 6.61 Å². The van der Waals surface area contributed by atoms with Gasteiger partial charge in [0.25, 0.3) is 5.91 Å². The van der Waals surface area contributed by atoms with Gasteiger partial charge >= 0.3 is 0 Å². The molecule has 0 spiro atoms. The Hall–Kier alpha value is -1.91. The molecule has 1 rings (SSSR count). The Morgan fingerprint density at radius 1 is 1.09 bits per heavy atom. The summed E-state index contributed by atoms with van der Waals surface area (Å²) >= 11 is 0. The van der Waals surface area contributed by atoms with E-state index in [-0.39, 0.29) is 12.5 Å². The summed E-state index contributed by atoms with van der Waals surface area (Å²) in [6.45, 7) is 5.04. The number of hydrogen-bond donors (Lipinski definition) is 1. The number of benzene rings is 1. The minimum absolute atomic E-state index is 0.0134. The summed E-state index contributed by atoms with van der Waals surface area (Å²) in [6, 6.07) is 5.21. The topological polar surface area (TPSA) is 56.8 Å². The summed E-state index contributed by atoms with van der Waals surface area (Å²) in [6.07, 6.45) is 4.62. The third kappa shape index (κ3) is 7.26.